The molecular weight excluding hydrogens is 322 g/mol. The Labute approximate surface area is 121 Å². The molecule has 0 spiro atoms. The fourth-order valence-electron chi connectivity index (χ4n) is 3.05. The lowest BCUT2D eigenvalue weighted by Gasteiger charge is -2.43. The number of rotatable bonds is 4. The topological polar surface area (TPSA) is 74.6 Å². The van der Waals surface area contributed by atoms with Gasteiger partial charge in [-0.3, -0.25) is 9.59 Å². The third-order valence-corrected chi connectivity index (χ3v) is 4.06. The van der Waals surface area contributed by atoms with Crippen LogP contribution in [0.5, 0.6) is 0 Å². The van der Waals surface area contributed by atoms with Gasteiger partial charge in [-0.15, -0.1) is 0 Å². The Morgan fingerprint density at radius 3 is 1.95 bits per heavy atom. The predicted molar refractivity (Wildman–Crippen MR) is 59.9 cm³/mol. The normalized spacial score (nSPS) is 30.1. The third-order valence-electron chi connectivity index (χ3n) is 4.06. The van der Waals surface area contributed by atoms with E-state index in [0.717, 1.165) is 0 Å². The lowest BCUT2D eigenvalue weighted by molar-refractivity contribution is -0.208. The molecule has 128 valence electrons. The van der Waals surface area contributed by atoms with Crippen LogP contribution < -0.4 is 0 Å². The van der Waals surface area contributed by atoms with Gasteiger partial charge in [0.1, 0.15) is 0 Å². The highest BCUT2D eigenvalue weighted by molar-refractivity contribution is 5.76. The van der Waals surface area contributed by atoms with E-state index in [0.29, 0.717) is 0 Å². The second kappa shape index (κ2) is 5.96. The van der Waals surface area contributed by atoms with E-state index in [2.05, 4.69) is 0 Å². The van der Waals surface area contributed by atoms with Crippen LogP contribution in [0.3, 0.4) is 0 Å². The molecule has 3 atom stereocenters. The van der Waals surface area contributed by atoms with Gasteiger partial charge >= 0.3 is 24.3 Å². The molecule has 0 aromatic heterocycles. The van der Waals surface area contributed by atoms with Gasteiger partial charge in [0.15, 0.2) is 0 Å². The molecule has 0 saturated heterocycles. The smallest absolute Gasteiger partial charge is 0.390 e. The van der Waals surface area contributed by atoms with Crippen molar-refractivity contribution in [1.29, 1.82) is 0 Å². The standard InChI is InChI=1S/C12H14F6O4/c13-11(14,15)4-7-3-6(8(19)20)1-2-10(7,9(21)22)5-12(16,17)18/h6-7H,1-5H2,(H,19,20)(H,21,22). The maximum absolute atomic E-state index is 12.6. The summed E-state index contributed by atoms with van der Waals surface area (Å²) < 4.78 is 75.7. The van der Waals surface area contributed by atoms with Crippen LogP contribution in [0.15, 0.2) is 0 Å². The van der Waals surface area contributed by atoms with Crippen molar-refractivity contribution in [3.63, 3.8) is 0 Å². The monoisotopic (exact) mass is 336 g/mol. The summed E-state index contributed by atoms with van der Waals surface area (Å²) in [6.45, 7) is 0. The van der Waals surface area contributed by atoms with Crippen molar-refractivity contribution in [2.24, 2.45) is 17.3 Å². The molecule has 1 aliphatic rings. The highest BCUT2D eigenvalue weighted by Gasteiger charge is 2.57. The molecule has 22 heavy (non-hydrogen) atoms. The highest BCUT2D eigenvalue weighted by atomic mass is 19.4. The van der Waals surface area contributed by atoms with E-state index in [1.807, 2.05) is 0 Å². The number of hydrogen-bond donors (Lipinski definition) is 2. The average molecular weight is 336 g/mol. The molecule has 1 saturated carbocycles. The molecule has 2 N–H and O–H groups in total. The Balaban J connectivity index is 3.19. The number of halogens is 6. The van der Waals surface area contributed by atoms with E-state index < -0.39 is 73.6 Å². The first-order valence-corrected chi connectivity index (χ1v) is 6.36. The van der Waals surface area contributed by atoms with Crippen molar-refractivity contribution >= 4 is 11.9 Å². The van der Waals surface area contributed by atoms with E-state index in [1.165, 1.54) is 0 Å². The summed E-state index contributed by atoms with van der Waals surface area (Å²) >= 11 is 0. The molecule has 0 aromatic carbocycles. The summed E-state index contributed by atoms with van der Waals surface area (Å²) in [4.78, 5) is 22.2. The molecular formula is C12H14F6O4. The van der Waals surface area contributed by atoms with Gasteiger partial charge in [-0.05, 0) is 25.2 Å². The zero-order valence-electron chi connectivity index (χ0n) is 11.2. The minimum absolute atomic E-state index is 0.397. The Morgan fingerprint density at radius 1 is 1.05 bits per heavy atom. The fraction of sp³-hybridized carbons (Fsp3) is 0.833. The molecule has 4 nitrogen and oxygen atoms in total. The van der Waals surface area contributed by atoms with Crippen LogP contribution in [0.2, 0.25) is 0 Å². The van der Waals surface area contributed by atoms with Gasteiger partial charge in [-0.2, -0.15) is 26.3 Å². The van der Waals surface area contributed by atoms with Crippen molar-refractivity contribution in [2.45, 2.75) is 44.5 Å². The van der Waals surface area contributed by atoms with Crippen LogP contribution in [0.25, 0.3) is 0 Å². The number of carbonyl (C=O) groups is 2. The molecule has 0 bridgehead atoms. The Morgan fingerprint density at radius 2 is 1.59 bits per heavy atom. The summed E-state index contributed by atoms with van der Waals surface area (Å²) in [7, 11) is 0. The third kappa shape index (κ3) is 4.51. The second-order valence-electron chi connectivity index (χ2n) is 5.58. The van der Waals surface area contributed by atoms with Crippen LogP contribution in [-0.2, 0) is 9.59 Å². The summed E-state index contributed by atoms with van der Waals surface area (Å²) in [5, 5.41) is 18.0. The Hall–Kier alpha value is -1.48. The Kier molecular flexibility index (Phi) is 5.03. The molecule has 0 aliphatic heterocycles. The number of carboxylic acids is 2. The Bertz CT molecular complexity index is 444. The summed E-state index contributed by atoms with van der Waals surface area (Å²) in [5.41, 5.74) is -2.64. The minimum atomic E-state index is -4.96. The molecule has 0 heterocycles. The van der Waals surface area contributed by atoms with Crippen molar-refractivity contribution in [1.82, 2.24) is 0 Å². The first-order valence-electron chi connectivity index (χ1n) is 6.36. The van der Waals surface area contributed by atoms with Gasteiger partial charge in [0.2, 0.25) is 0 Å². The lowest BCUT2D eigenvalue weighted by Crippen LogP contribution is -2.48. The molecule has 10 heteroatoms. The van der Waals surface area contributed by atoms with Crippen LogP contribution in [0, 0.1) is 17.3 Å². The van der Waals surface area contributed by atoms with Gasteiger partial charge in [0.25, 0.3) is 0 Å². The number of aliphatic carboxylic acids is 2. The number of alkyl halides is 6. The fourth-order valence-corrected chi connectivity index (χ4v) is 3.05. The van der Waals surface area contributed by atoms with E-state index in [1.54, 1.807) is 0 Å². The van der Waals surface area contributed by atoms with Crippen LogP contribution in [-0.4, -0.2) is 34.5 Å². The van der Waals surface area contributed by atoms with Gasteiger partial charge < -0.3 is 10.2 Å². The second-order valence-corrected chi connectivity index (χ2v) is 5.58. The van der Waals surface area contributed by atoms with Crippen molar-refractivity contribution in [3.05, 3.63) is 0 Å². The maximum Gasteiger partial charge on any atom is 0.390 e. The van der Waals surface area contributed by atoms with E-state index in [-0.39, 0.29) is 0 Å². The summed E-state index contributed by atoms with van der Waals surface area (Å²) in [5.74, 6) is -6.60. The highest BCUT2D eigenvalue weighted by Crippen LogP contribution is 2.53. The first kappa shape index (κ1) is 18.6. The maximum atomic E-state index is 12.6. The van der Waals surface area contributed by atoms with Crippen molar-refractivity contribution in [3.8, 4) is 0 Å². The van der Waals surface area contributed by atoms with Gasteiger partial charge in [-0.25, -0.2) is 0 Å². The van der Waals surface area contributed by atoms with E-state index in [9.17, 15) is 35.9 Å². The molecule has 0 aromatic rings. The van der Waals surface area contributed by atoms with E-state index in [4.69, 9.17) is 10.2 Å². The molecule has 1 rings (SSSR count). The molecule has 3 unspecified atom stereocenters. The molecule has 1 fully saturated rings. The summed E-state index contributed by atoms with van der Waals surface area (Å²) in [6.07, 6.45) is -15.4. The number of hydrogen-bond acceptors (Lipinski definition) is 2. The number of carboxylic acid groups (broad SMARTS) is 2. The zero-order valence-corrected chi connectivity index (χ0v) is 11.2. The quantitative estimate of drug-likeness (QED) is 0.771. The van der Waals surface area contributed by atoms with Crippen LogP contribution in [0.4, 0.5) is 26.3 Å². The van der Waals surface area contributed by atoms with Gasteiger partial charge in [0.05, 0.1) is 17.8 Å². The SMILES string of the molecule is O=C(O)C1CCC(CC(F)(F)F)(C(=O)O)C(CC(F)(F)F)C1. The zero-order chi connectivity index (χ0) is 17.3. The van der Waals surface area contributed by atoms with Crippen molar-refractivity contribution < 1.29 is 46.1 Å². The first-order chi connectivity index (χ1) is 9.77. The van der Waals surface area contributed by atoms with Crippen LogP contribution >= 0.6 is 0 Å². The molecule has 0 amide bonds. The van der Waals surface area contributed by atoms with Gasteiger partial charge in [0, 0.05) is 6.42 Å². The lowest BCUT2D eigenvalue weighted by atomic mass is 9.60. The molecule has 0 radical (unpaired) electrons. The average Bonchev–Trinajstić information content (AvgIpc) is 2.27. The van der Waals surface area contributed by atoms with Gasteiger partial charge in [-0.1, -0.05) is 0 Å². The predicted octanol–water partition coefficient (Wildman–Crippen LogP) is 3.46. The molecule has 1 aliphatic carbocycles. The minimum Gasteiger partial charge on any atom is -0.481 e. The van der Waals surface area contributed by atoms with Crippen LogP contribution in [0.1, 0.15) is 32.1 Å². The van der Waals surface area contributed by atoms with Crippen molar-refractivity contribution in [2.75, 3.05) is 0 Å². The largest absolute Gasteiger partial charge is 0.481 e. The van der Waals surface area contributed by atoms with E-state index >= 15 is 0 Å². The summed E-state index contributed by atoms with van der Waals surface area (Å²) in [6, 6.07) is 0.